The molecule has 0 amide bonds. The Bertz CT molecular complexity index is 1220. The largest absolute Gasteiger partial charge is 0.364 e. The van der Waals surface area contributed by atoms with E-state index in [4.69, 9.17) is 5.14 Å². The third-order valence-electron chi connectivity index (χ3n) is 5.39. The molecule has 174 valence electrons. The zero-order valence-corrected chi connectivity index (χ0v) is 18.4. The van der Waals surface area contributed by atoms with Gasteiger partial charge in [-0.1, -0.05) is 30.3 Å². The van der Waals surface area contributed by atoms with E-state index in [-0.39, 0.29) is 36.0 Å². The molecule has 33 heavy (non-hydrogen) atoms. The highest BCUT2D eigenvalue weighted by Crippen LogP contribution is 2.31. The van der Waals surface area contributed by atoms with E-state index in [1.54, 1.807) is 16.9 Å². The maximum absolute atomic E-state index is 14.6. The van der Waals surface area contributed by atoms with Crippen LogP contribution in [0.1, 0.15) is 34.5 Å². The number of carbonyl (C=O) groups excluding carboxylic acids is 1. The van der Waals surface area contributed by atoms with Crippen LogP contribution in [0.5, 0.6) is 0 Å². The molecule has 3 aromatic rings. The molecule has 4 rings (SSSR count). The van der Waals surface area contributed by atoms with Crippen LogP contribution >= 0.6 is 0 Å². The van der Waals surface area contributed by atoms with Crippen LogP contribution in [-0.4, -0.2) is 52.8 Å². The first-order valence-electron chi connectivity index (χ1n) is 10.3. The van der Waals surface area contributed by atoms with Gasteiger partial charge in [0, 0.05) is 12.4 Å². The van der Waals surface area contributed by atoms with E-state index < -0.39 is 28.3 Å². The predicted octanol–water partition coefficient (Wildman–Crippen LogP) is 1.70. The van der Waals surface area contributed by atoms with Crippen LogP contribution in [0.2, 0.25) is 0 Å². The van der Waals surface area contributed by atoms with Gasteiger partial charge in [-0.3, -0.25) is 13.7 Å². The number of nitrogens with one attached hydrogen (secondary N) is 1. The molecule has 2 aromatic heterocycles. The first-order chi connectivity index (χ1) is 15.8. The number of hydrogen-bond acceptors (Lipinski definition) is 8. The van der Waals surface area contributed by atoms with Gasteiger partial charge in [-0.05, 0) is 30.4 Å². The van der Waals surface area contributed by atoms with E-state index in [1.807, 2.05) is 30.3 Å². The number of hydrogen-bond donors (Lipinski definition) is 2. The van der Waals surface area contributed by atoms with Crippen molar-refractivity contribution in [1.82, 2.24) is 19.7 Å². The topological polar surface area (TPSA) is 142 Å². The number of nitrogens with zero attached hydrogens (tertiary/aromatic N) is 4. The Morgan fingerprint density at radius 2 is 2.03 bits per heavy atom. The molecule has 1 saturated carbocycles. The Morgan fingerprint density at radius 1 is 1.24 bits per heavy atom. The minimum atomic E-state index is -4.09. The molecule has 10 nitrogen and oxygen atoms in total. The fourth-order valence-corrected chi connectivity index (χ4v) is 4.21. The quantitative estimate of drug-likeness (QED) is 0.446. The number of nitrogens with two attached hydrogens (primary N) is 1. The van der Waals surface area contributed by atoms with E-state index in [1.165, 1.54) is 12.5 Å². The monoisotopic (exact) mass is 474 g/mol. The Balaban J connectivity index is 1.45. The van der Waals surface area contributed by atoms with Gasteiger partial charge >= 0.3 is 10.3 Å². The Kier molecular flexibility index (Phi) is 6.77. The van der Waals surface area contributed by atoms with Gasteiger partial charge in [0.1, 0.15) is 24.0 Å². The summed E-state index contributed by atoms with van der Waals surface area (Å²) in [5.74, 6) is -0.550. The molecule has 0 spiro atoms. The molecule has 1 aliphatic carbocycles. The second kappa shape index (κ2) is 9.73. The molecule has 0 bridgehead atoms. The van der Waals surface area contributed by atoms with Crippen molar-refractivity contribution < 1.29 is 21.8 Å². The Hall–Kier alpha value is -3.22. The molecule has 1 fully saturated rings. The van der Waals surface area contributed by atoms with Gasteiger partial charge in [0.15, 0.2) is 0 Å². The molecule has 2 heterocycles. The third kappa shape index (κ3) is 5.97. The number of anilines is 1. The van der Waals surface area contributed by atoms with Gasteiger partial charge in [-0.25, -0.2) is 19.5 Å². The number of ketones is 1. The zero-order valence-electron chi connectivity index (χ0n) is 17.5. The number of benzene rings is 1. The molecule has 3 atom stereocenters. The summed E-state index contributed by atoms with van der Waals surface area (Å²) in [7, 11) is -4.09. The summed E-state index contributed by atoms with van der Waals surface area (Å²) in [5, 5.41) is 12.2. The standard InChI is InChI=1S/C21H23FN6O4S/c22-17-8-15(12-32-33(23,30)31)9-19(17)26-21-16(10-24-13-25-21)20(29)18-6-7-28(27-18)11-14-4-2-1-3-5-14/h1-7,10,13,15,17,19H,8-9,11-12H2,(H2,23,30,31)(H,24,25,26)/t15-,17+,19-/m1/s1. The fraction of sp³-hybridized carbons (Fsp3) is 0.333. The minimum absolute atomic E-state index is 0.103. The highest BCUT2D eigenvalue weighted by molar-refractivity contribution is 7.84. The SMILES string of the molecule is NS(=O)(=O)OC[C@@H]1C[C@H](F)[C@H](Nc2ncncc2C(=O)c2ccn(Cc3ccccc3)n2)C1. The smallest absolute Gasteiger partial charge is 0.333 e. The first-order valence-corrected chi connectivity index (χ1v) is 11.8. The second-order valence-electron chi connectivity index (χ2n) is 7.88. The van der Waals surface area contributed by atoms with E-state index in [0.29, 0.717) is 13.0 Å². The molecular formula is C21H23FN6O4S. The number of alkyl halides is 1. The first kappa shape index (κ1) is 23.0. The highest BCUT2D eigenvalue weighted by Gasteiger charge is 2.36. The van der Waals surface area contributed by atoms with Crippen LogP contribution in [0, 0.1) is 5.92 Å². The van der Waals surface area contributed by atoms with Crippen LogP contribution in [-0.2, 0) is 21.0 Å². The summed E-state index contributed by atoms with van der Waals surface area (Å²) in [6.45, 7) is 0.309. The molecule has 3 N–H and O–H groups in total. The van der Waals surface area contributed by atoms with E-state index in [2.05, 4.69) is 24.6 Å². The molecule has 0 unspecified atom stereocenters. The van der Waals surface area contributed by atoms with E-state index in [0.717, 1.165) is 5.56 Å². The third-order valence-corrected chi connectivity index (χ3v) is 5.85. The average Bonchev–Trinajstić information content (AvgIpc) is 3.39. The van der Waals surface area contributed by atoms with Crippen molar-refractivity contribution in [2.45, 2.75) is 31.6 Å². The lowest BCUT2D eigenvalue weighted by Crippen LogP contribution is -2.27. The number of halogens is 1. The van der Waals surface area contributed by atoms with Gasteiger partial charge in [0.05, 0.1) is 24.8 Å². The van der Waals surface area contributed by atoms with Crippen molar-refractivity contribution >= 4 is 21.9 Å². The summed E-state index contributed by atoms with van der Waals surface area (Å²) < 4.78 is 42.8. The molecule has 0 radical (unpaired) electrons. The van der Waals surface area contributed by atoms with Gasteiger partial charge in [-0.15, -0.1) is 0 Å². The minimum Gasteiger partial charge on any atom is -0.364 e. The van der Waals surface area contributed by atoms with E-state index >= 15 is 0 Å². The zero-order chi connectivity index (χ0) is 23.4. The van der Waals surface area contributed by atoms with Crippen molar-refractivity contribution in [3.63, 3.8) is 0 Å². The number of carbonyl (C=O) groups is 1. The van der Waals surface area contributed by atoms with Crippen LogP contribution in [0.15, 0.2) is 55.1 Å². The van der Waals surface area contributed by atoms with Gasteiger partial charge in [0.2, 0.25) is 5.78 Å². The van der Waals surface area contributed by atoms with Crippen molar-refractivity contribution in [2.24, 2.45) is 11.1 Å². The lowest BCUT2D eigenvalue weighted by molar-refractivity contribution is 0.103. The maximum Gasteiger partial charge on any atom is 0.333 e. The summed E-state index contributed by atoms with van der Waals surface area (Å²) in [6.07, 6.45) is 3.45. The normalized spacial score (nSPS) is 20.6. The van der Waals surface area contributed by atoms with Crippen molar-refractivity contribution in [2.75, 3.05) is 11.9 Å². The number of aromatic nitrogens is 4. The van der Waals surface area contributed by atoms with Crippen molar-refractivity contribution in [1.29, 1.82) is 0 Å². The highest BCUT2D eigenvalue weighted by atomic mass is 32.2. The Morgan fingerprint density at radius 3 is 2.79 bits per heavy atom. The van der Waals surface area contributed by atoms with Crippen LogP contribution in [0.3, 0.4) is 0 Å². The fourth-order valence-electron chi connectivity index (χ4n) is 3.83. The van der Waals surface area contributed by atoms with E-state index in [9.17, 15) is 17.6 Å². The lowest BCUT2D eigenvalue weighted by Gasteiger charge is -2.17. The Labute approximate surface area is 190 Å². The molecule has 0 saturated heterocycles. The molecule has 0 aliphatic heterocycles. The van der Waals surface area contributed by atoms with Crippen molar-refractivity contribution in [3.8, 4) is 0 Å². The summed E-state index contributed by atoms with van der Waals surface area (Å²) in [6, 6.07) is 10.6. The maximum atomic E-state index is 14.6. The summed E-state index contributed by atoms with van der Waals surface area (Å²) in [4.78, 5) is 21.1. The van der Waals surface area contributed by atoms with Crippen LogP contribution in [0.4, 0.5) is 10.2 Å². The number of rotatable bonds is 9. The second-order valence-corrected chi connectivity index (χ2v) is 9.10. The molecule has 12 heteroatoms. The lowest BCUT2D eigenvalue weighted by atomic mass is 10.1. The summed E-state index contributed by atoms with van der Waals surface area (Å²) >= 11 is 0. The van der Waals surface area contributed by atoms with Gasteiger partial charge in [0.25, 0.3) is 0 Å². The van der Waals surface area contributed by atoms with Crippen molar-refractivity contribution in [3.05, 3.63) is 71.9 Å². The average molecular weight is 475 g/mol. The van der Waals surface area contributed by atoms with Crippen LogP contribution < -0.4 is 10.5 Å². The predicted molar refractivity (Wildman–Crippen MR) is 117 cm³/mol. The summed E-state index contributed by atoms with van der Waals surface area (Å²) in [5.41, 5.74) is 1.42. The van der Waals surface area contributed by atoms with Gasteiger partial charge < -0.3 is 5.32 Å². The van der Waals surface area contributed by atoms with Gasteiger partial charge in [-0.2, -0.15) is 13.5 Å². The molecule has 1 aliphatic rings. The van der Waals surface area contributed by atoms with Crippen LogP contribution in [0.25, 0.3) is 0 Å². The molecular weight excluding hydrogens is 451 g/mol. The molecule has 1 aromatic carbocycles.